The molecule has 0 aliphatic heterocycles. The highest BCUT2D eigenvalue weighted by molar-refractivity contribution is 5.41. The summed E-state index contributed by atoms with van der Waals surface area (Å²) < 4.78 is 51.3. The van der Waals surface area contributed by atoms with Crippen LogP contribution in [-0.4, -0.2) is 0 Å². The van der Waals surface area contributed by atoms with Crippen LogP contribution in [0.4, 0.5) is 17.6 Å². The van der Waals surface area contributed by atoms with Crippen LogP contribution in [0.1, 0.15) is 35.6 Å². The van der Waals surface area contributed by atoms with Crippen molar-refractivity contribution in [1.29, 1.82) is 0 Å². The first-order valence-corrected chi connectivity index (χ1v) is 5.05. The molecule has 1 aliphatic rings. The molecule has 0 aromatic heterocycles. The Hall–Kier alpha value is -1.10. The molecule has 2 rings (SSSR count). The lowest BCUT2D eigenvalue weighted by atomic mass is 9.85. The van der Waals surface area contributed by atoms with Crippen LogP contribution < -0.4 is 5.73 Å². The number of fused-ring (bicyclic) bond motifs is 1. The maximum absolute atomic E-state index is 13.2. The first-order chi connectivity index (χ1) is 7.41. The van der Waals surface area contributed by atoms with Crippen molar-refractivity contribution in [3.63, 3.8) is 0 Å². The molecular formula is C11H11F4N. The maximum atomic E-state index is 13.2. The van der Waals surface area contributed by atoms with Gasteiger partial charge in [0.2, 0.25) is 0 Å². The van der Waals surface area contributed by atoms with Gasteiger partial charge in [-0.05, 0) is 36.5 Å². The second kappa shape index (κ2) is 3.73. The number of benzene rings is 1. The van der Waals surface area contributed by atoms with Gasteiger partial charge in [0.25, 0.3) is 0 Å². The highest BCUT2D eigenvalue weighted by atomic mass is 19.4. The summed E-state index contributed by atoms with van der Waals surface area (Å²) in [6.07, 6.45) is -3.18. The Labute approximate surface area is 90.3 Å². The van der Waals surface area contributed by atoms with Crippen LogP contribution >= 0.6 is 0 Å². The third-order valence-corrected chi connectivity index (χ3v) is 2.92. The van der Waals surface area contributed by atoms with Crippen molar-refractivity contribution >= 4 is 0 Å². The van der Waals surface area contributed by atoms with E-state index in [1.807, 2.05) is 0 Å². The first-order valence-electron chi connectivity index (χ1n) is 5.05. The molecule has 1 aliphatic carbocycles. The Morgan fingerprint density at radius 2 is 1.94 bits per heavy atom. The summed E-state index contributed by atoms with van der Waals surface area (Å²) in [5.41, 5.74) is 5.04. The largest absolute Gasteiger partial charge is 0.419 e. The quantitative estimate of drug-likeness (QED) is 0.684. The smallest absolute Gasteiger partial charge is 0.324 e. The molecule has 16 heavy (non-hydrogen) atoms. The second-order valence-corrected chi connectivity index (χ2v) is 3.99. The Bertz CT molecular complexity index is 411. The van der Waals surface area contributed by atoms with Gasteiger partial charge in [-0.25, -0.2) is 4.39 Å². The van der Waals surface area contributed by atoms with E-state index in [4.69, 9.17) is 5.73 Å². The molecule has 1 nitrogen and oxygen atoms in total. The van der Waals surface area contributed by atoms with Gasteiger partial charge in [-0.15, -0.1) is 0 Å². The second-order valence-electron chi connectivity index (χ2n) is 3.99. The Morgan fingerprint density at radius 3 is 2.56 bits per heavy atom. The highest BCUT2D eigenvalue weighted by Crippen LogP contribution is 2.40. The molecule has 0 fully saturated rings. The molecule has 5 heteroatoms. The number of hydrogen-bond donors (Lipinski definition) is 1. The summed E-state index contributed by atoms with van der Waals surface area (Å²) in [6.45, 7) is 0. The average Bonchev–Trinajstić information content (AvgIpc) is 2.15. The fourth-order valence-corrected chi connectivity index (χ4v) is 2.21. The average molecular weight is 233 g/mol. The zero-order valence-corrected chi connectivity index (χ0v) is 8.44. The van der Waals surface area contributed by atoms with Crippen molar-refractivity contribution in [2.45, 2.75) is 31.5 Å². The van der Waals surface area contributed by atoms with Gasteiger partial charge in [0.1, 0.15) is 5.82 Å². The summed E-state index contributed by atoms with van der Waals surface area (Å²) in [5.74, 6) is -1.21. The van der Waals surface area contributed by atoms with Gasteiger partial charge in [0, 0.05) is 6.04 Å². The zero-order valence-electron chi connectivity index (χ0n) is 8.44. The minimum absolute atomic E-state index is 0.0336. The van der Waals surface area contributed by atoms with Gasteiger partial charge in [-0.3, -0.25) is 0 Å². The highest BCUT2D eigenvalue weighted by Gasteiger charge is 2.38. The Morgan fingerprint density at radius 1 is 1.25 bits per heavy atom. The summed E-state index contributed by atoms with van der Waals surface area (Å²) in [5, 5.41) is 0. The van der Waals surface area contributed by atoms with Crippen LogP contribution in [-0.2, 0) is 12.6 Å². The number of rotatable bonds is 0. The lowest BCUT2D eigenvalue weighted by molar-refractivity contribution is -0.140. The molecule has 0 spiro atoms. The van der Waals surface area contributed by atoms with Crippen LogP contribution in [0.5, 0.6) is 0 Å². The van der Waals surface area contributed by atoms with Crippen molar-refractivity contribution in [2.24, 2.45) is 5.73 Å². The van der Waals surface area contributed by atoms with E-state index in [1.165, 1.54) is 6.07 Å². The topological polar surface area (TPSA) is 26.0 Å². The normalized spacial score (nSPS) is 20.7. The van der Waals surface area contributed by atoms with E-state index in [0.717, 1.165) is 6.07 Å². The van der Waals surface area contributed by atoms with Gasteiger partial charge in [-0.1, -0.05) is 6.07 Å². The van der Waals surface area contributed by atoms with Crippen LogP contribution in [0.15, 0.2) is 12.1 Å². The summed E-state index contributed by atoms with van der Waals surface area (Å²) in [7, 11) is 0. The van der Waals surface area contributed by atoms with Crippen molar-refractivity contribution in [3.8, 4) is 0 Å². The molecule has 2 N–H and O–H groups in total. The van der Waals surface area contributed by atoms with Gasteiger partial charge in [0.15, 0.2) is 0 Å². The standard InChI is InChI=1S/C11H11F4N/c12-8-5-4-6-7(2-1-3-9(6)16)10(8)11(13,14)15/h4-5,9H,1-3,16H2/t9-/m0/s1. The monoisotopic (exact) mass is 233 g/mol. The molecule has 1 aromatic rings. The third kappa shape index (κ3) is 1.80. The van der Waals surface area contributed by atoms with Gasteiger partial charge in [0.05, 0.1) is 5.56 Å². The number of hydrogen-bond acceptors (Lipinski definition) is 1. The predicted molar refractivity (Wildman–Crippen MR) is 51.3 cm³/mol. The van der Waals surface area contributed by atoms with E-state index in [2.05, 4.69) is 0 Å². The summed E-state index contributed by atoms with van der Waals surface area (Å²) in [4.78, 5) is 0. The molecule has 88 valence electrons. The van der Waals surface area contributed by atoms with Crippen molar-refractivity contribution in [2.75, 3.05) is 0 Å². The molecule has 1 aromatic carbocycles. The lowest BCUT2D eigenvalue weighted by Crippen LogP contribution is -2.22. The Kier molecular flexibility index (Phi) is 2.66. The minimum atomic E-state index is -4.65. The van der Waals surface area contributed by atoms with Crippen molar-refractivity contribution in [3.05, 3.63) is 34.6 Å². The molecule has 0 saturated carbocycles. The molecule has 0 amide bonds. The van der Waals surface area contributed by atoms with E-state index in [1.54, 1.807) is 0 Å². The lowest BCUT2D eigenvalue weighted by Gasteiger charge is -2.25. The van der Waals surface area contributed by atoms with E-state index >= 15 is 0 Å². The van der Waals surface area contributed by atoms with E-state index in [-0.39, 0.29) is 12.0 Å². The van der Waals surface area contributed by atoms with E-state index in [9.17, 15) is 17.6 Å². The maximum Gasteiger partial charge on any atom is 0.419 e. The fourth-order valence-electron chi connectivity index (χ4n) is 2.21. The van der Waals surface area contributed by atoms with Gasteiger partial charge in [-0.2, -0.15) is 13.2 Å². The summed E-state index contributed by atoms with van der Waals surface area (Å²) in [6, 6.07) is 1.81. The van der Waals surface area contributed by atoms with E-state index < -0.39 is 23.6 Å². The van der Waals surface area contributed by atoms with Crippen LogP contribution in [0.3, 0.4) is 0 Å². The first kappa shape index (κ1) is 11.4. The van der Waals surface area contributed by atoms with Gasteiger partial charge < -0.3 is 5.73 Å². The Balaban J connectivity index is 2.64. The van der Waals surface area contributed by atoms with E-state index in [0.29, 0.717) is 18.4 Å². The van der Waals surface area contributed by atoms with Crippen molar-refractivity contribution < 1.29 is 17.6 Å². The van der Waals surface area contributed by atoms with Crippen LogP contribution in [0.25, 0.3) is 0 Å². The summed E-state index contributed by atoms with van der Waals surface area (Å²) >= 11 is 0. The fraction of sp³-hybridized carbons (Fsp3) is 0.455. The minimum Gasteiger partial charge on any atom is -0.324 e. The molecule has 0 radical (unpaired) electrons. The van der Waals surface area contributed by atoms with Gasteiger partial charge >= 0.3 is 6.18 Å². The number of alkyl halides is 3. The molecule has 0 bridgehead atoms. The SMILES string of the molecule is N[C@H]1CCCc2c1ccc(F)c2C(F)(F)F. The molecule has 1 atom stereocenters. The third-order valence-electron chi connectivity index (χ3n) is 2.92. The van der Waals surface area contributed by atoms with Crippen molar-refractivity contribution in [1.82, 2.24) is 0 Å². The molecular weight excluding hydrogens is 222 g/mol. The van der Waals surface area contributed by atoms with Crippen LogP contribution in [0, 0.1) is 5.82 Å². The zero-order chi connectivity index (χ0) is 11.9. The number of halogens is 4. The molecule has 0 unspecified atom stereocenters. The molecule has 0 heterocycles. The number of nitrogens with two attached hydrogens (primary N) is 1. The predicted octanol–water partition coefficient (Wildman–Crippen LogP) is 3.18. The van der Waals surface area contributed by atoms with Crippen LogP contribution in [0.2, 0.25) is 0 Å². The molecule has 0 saturated heterocycles.